The molecule has 0 saturated heterocycles. The van der Waals surface area contributed by atoms with E-state index in [4.69, 9.17) is 9.47 Å². The molecule has 2 heterocycles. The van der Waals surface area contributed by atoms with E-state index in [2.05, 4.69) is 20.3 Å². The lowest BCUT2D eigenvalue weighted by atomic mass is 10.1. The smallest absolute Gasteiger partial charge is 0.450 e. The number of nitrogens with zero attached hydrogens (tertiary/aromatic N) is 4. The van der Waals surface area contributed by atoms with Crippen molar-refractivity contribution in [2.45, 2.75) is 32.4 Å². The third-order valence-corrected chi connectivity index (χ3v) is 5.54. The maximum atomic E-state index is 13.8. The molecule has 0 saturated carbocycles. The average molecular weight is 499 g/mol. The Hall–Kier alpha value is -4.15. The molecule has 8 nitrogen and oxygen atoms in total. The van der Waals surface area contributed by atoms with Gasteiger partial charge in [0.1, 0.15) is 11.6 Å². The number of hydrogen-bond donors (Lipinski definition) is 1. The fraction of sp³-hybridized carbons (Fsp3) is 0.280. The number of allylic oxidation sites excluding steroid dienone is 4. The van der Waals surface area contributed by atoms with Gasteiger partial charge in [0, 0.05) is 19.1 Å². The summed E-state index contributed by atoms with van der Waals surface area (Å²) in [7, 11) is 3.02. The molecule has 36 heavy (non-hydrogen) atoms. The van der Waals surface area contributed by atoms with Crippen molar-refractivity contribution >= 4 is 34.8 Å². The number of amidine groups is 1. The Bertz CT molecular complexity index is 1380. The fourth-order valence-electron chi connectivity index (χ4n) is 3.81. The Labute approximate surface area is 205 Å². The van der Waals surface area contributed by atoms with E-state index >= 15 is 0 Å². The van der Waals surface area contributed by atoms with Crippen LogP contribution in [0, 0.1) is 6.92 Å². The minimum atomic E-state index is -4.71. The number of halogens is 3. The van der Waals surface area contributed by atoms with Crippen LogP contribution < -0.4 is 5.32 Å². The summed E-state index contributed by atoms with van der Waals surface area (Å²) < 4.78 is 52.9. The third-order valence-electron chi connectivity index (χ3n) is 5.54. The highest BCUT2D eigenvalue weighted by Crippen LogP contribution is 2.34. The molecule has 4 rings (SSSR count). The summed E-state index contributed by atoms with van der Waals surface area (Å²) in [6.45, 7) is 1.77. The number of methoxy groups -OCH3 is 2. The summed E-state index contributed by atoms with van der Waals surface area (Å²) in [4.78, 5) is 25.2. The number of amides is 1. The Kier molecular flexibility index (Phi) is 7.09. The van der Waals surface area contributed by atoms with Crippen LogP contribution in [0.3, 0.4) is 0 Å². The first-order valence-electron chi connectivity index (χ1n) is 11.1. The minimum Gasteiger partial charge on any atom is -0.501 e. The average Bonchev–Trinajstić information content (AvgIpc) is 3.05. The van der Waals surface area contributed by atoms with Gasteiger partial charge in [-0.1, -0.05) is 6.07 Å². The molecular formula is C25H24F3N5O3. The first-order chi connectivity index (χ1) is 17.2. The number of imidazole rings is 1. The molecule has 1 amide bonds. The summed E-state index contributed by atoms with van der Waals surface area (Å²) >= 11 is 0. The lowest BCUT2D eigenvalue weighted by Gasteiger charge is -2.14. The van der Waals surface area contributed by atoms with Crippen molar-refractivity contribution in [1.82, 2.24) is 14.9 Å². The van der Waals surface area contributed by atoms with E-state index in [9.17, 15) is 18.0 Å². The first-order valence-corrected chi connectivity index (χ1v) is 11.1. The van der Waals surface area contributed by atoms with Crippen molar-refractivity contribution in [2.75, 3.05) is 14.2 Å². The van der Waals surface area contributed by atoms with Crippen LogP contribution >= 0.6 is 0 Å². The van der Waals surface area contributed by atoms with Crippen molar-refractivity contribution in [3.05, 3.63) is 71.1 Å². The summed E-state index contributed by atoms with van der Waals surface area (Å²) in [6, 6.07) is 4.83. The molecule has 0 unspecified atom stereocenters. The Balaban J connectivity index is 1.67. The van der Waals surface area contributed by atoms with E-state index in [1.54, 1.807) is 50.5 Å². The van der Waals surface area contributed by atoms with Crippen molar-refractivity contribution in [1.29, 1.82) is 0 Å². The number of carbonyl (C=O) groups excluding carboxylic acids is 1. The Morgan fingerprint density at radius 1 is 1.17 bits per heavy atom. The largest absolute Gasteiger partial charge is 0.501 e. The molecular weight excluding hydrogens is 475 g/mol. The minimum absolute atomic E-state index is 0.0757. The normalized spacial score (nSPS) is 20.9. The molecule has 1 aromatic heterocycles. The molecule has 0 fully saturated rings. The zero-order chi connectivity index (χ0) is 25.9. The van der Waals surface area contributed by atoms with Gasteiger partial charge in [-0.15, -0.1) is 0 Å². The van der Waals surface area contributed by atoms with E-state index in [0.29, 0.717) is 24.4 Å². The summed E-state index contributed by atoms with van der Waals surface area (Å²) in [6.07, 6.45) is 4.30. The van der Waals surface area contributed by atoms with Gasteiger partial charge in [0.25, 0.3) is 5.91 Å². The predicted octanol–water partition coefficient (Wildman–Crippen LogP) is 4.89. The highest BCUT2D eigenvalue weighted by atomic mass is 19.4. The van der Waals surface area contributed by atoms with Gasteiger partial charge in [-0.3, -0.25) is 9.36 Å². The number of hydrogen-bond acceptors (Lipinski definition) is 6. The van der Waals surface area contributed by atoms with Crippen molar-refractivity contribution in [2.24, 2.45) is 9.98 Å². The van der Waals surface area contributed by atoms with Crippen molar-refractivity contribution in [3.63, 3.8) is 0 Å². The monoisotopic (exact) mass is 499 g/mol. The molecule has 1 aromatic carbocycles. The van der Waals surface area contributed by atoms with Gasteiger partial charge in [0.05, 0.1) is 42.8 Å². The molecule has 11 heteroatoms. The maximum Gasteiger partial charge on any atom is 0.450 e. The zero-order valence-corrected chi connectivity index (χ0v) is 19.9. The van der Waals surface area contributed by atoms with Crippen LogP contribution in [0.2, 0.25) is 0 Å². The number of nitrogens with one attached hydrogen (secondary N) is 1. The van der Waals surface area contributed by atoms with Crippen LogP contribution in [0.15, 0.2) is 69.7 Å². The number of benzene rings is 1. The molecule has 2 aromatic rings. The van der Waals surface area contributed by atoms with Crippen LogP contribution in [0.25, 0.3) is 16.9 Å². The van der Waals surface area contributed by atoms with E-state index in [1.807, 2.05) is 0 Å². The van der Waals surface area contributed by atoms with E-state index < -0.39 is 17.9 Å². The number of aliphatic imine (C=N–C) groups is 2. The lowest BCUT2D eigenvalue weighted by molar-refractivity contribution is -0.145. The topological polar surface area (TPSA) is 90.1 Å². The standard InChI is InChI=1S/C25H24F3N5O3/c1-15-7-10-19-18(13-15)31-24(25(26,27)28)33(19)22-14-30-21(11-12-29-22)32-23(34)17-9-8-16(35-2)5-4-6-20(17)36-3/h6-10,12-14H,4-5,11H2,1-3H3,(H,30,32,34)/b16-8+,17-9+,20-6+. The van der Waals surface area contributed by atoms with Crippen LogP contribution in [-0.2, 0) is 20.4 Å². The SMILES string of the molecule is CO/C1=C/C=C(C(=O)NC2=NC=C(n3c(C(F)(F)F)nc4cc(C)ccc43)N=CC2)\C(OC)=C/CC1. The van der Waals surface area contributed by atoms with Crippen LogP contribution in [0.5, 0.6) is 0 Å². The molecule has 0 radical (unpaired) electrons. The van der Waals surface area contributed by atoms with Crippen LogP contribution in [0.4, 0.5) is 13.2 Å². The molecule has 2 aliphatic rings. The number of fused-ring (bicyclic) bond motifs is 1. The molecule has 188 valence electrons. The molecule has 0 spiro atoms. The molecule has 1 aliphatic heterocycles. The number of aryl methyl sites for hydroxylation is 1. The van der Waals surface area contributed by atoms with Crippen LogP contribution in [-0.4, -0.2) is 41.7 Å². The lowest BCUT2D eigenvalue weighted by Crippen LogP contribution is -2.32. The number of carbonyl (C=O) groups is 1. The fourth-order valence-corrected chi connectivity index (χ4v) is 3.81. The van der Waals surface area contributed by atoms with Crippen LogP contribution in [0.1, 0.15) is 30.7 Å². The van der Waals surface area contributed by atoms with Gasteiger partial charge in [-0.25, -0.2) is 15.0 Å². The maximum absolute atomic E-state index is 13.8. The molecule has 1 N–H and O–H groups in total. The summed E-state index contributed by atoms with van der Waals surface area (Å²) in [5.74, 6) is -0.352. The van der Waals surface area contributed by atoms with Gasteiger partial charge in [-0.2, -0.15) is 13.2 Å². The summed E-state index contributed by atoms with van der Waals surface area (Å²) in [5.41, 5.74) is 1.48. The van der Waals surface area contributed by atoms with Gasteiger partial charge < -0.3 is 14.8 Å². The van der Waals surface area contributed by atoms with Gasteiger partial charge in [0.2, 0.25) is 5.82 Å². The van der Waals surface area contributed by atoms with Crippen molar-refractivity contribution in [3.8, 4) is 0 Å². The van der Waals surface area contributed by atoms with Crippen molar-refractivity contribution < 1.29 is 27.4 Å². The number of rotatable bonds is 4. The van der Waals surface area contributed by atoms with Gasteiger partial charge in [0.15, 0.2) is 5.82 Å². The molecule has 0 atom stereocenters. The highest BCUT2D eigenvalue weighted by Gasteiger charge is 2.38. The second-order valence-corrected chi connectivity index (χ2v) is 8.02. The first kappa shape index (κ1) is 25.0. The third kappa shape index (κ3) is 5.24. The highest BCUT2D eigenvalue weighted by molar-refractivity contribution is 6.11. The van der Waals surface area contributed by atoms with Gasteiger partial charge >= 0.3 is 6.18 Å². The zero-order valence-electron chi connectivity index (χ0n) is 19.9. The van der Waals surface area contributed by atoms with E-state index in [-0.39, 0.29) is 34.7 Å². The second kappa shape index (κ2) is 10.2. The molecule has 1 aliphatic carbocycles. The summed E-state index contributed by atoms with van der Waals surface area (Å²) in [5, 5.41) is 2.70. The van der Waals surface area contributed by atoms with Gasteiger partial charge in [-0.05, 0) is 49.3 Å². The van der Waals surface area contributed by atoms with E-state index in [1.165, 1.54) is 19.5 Å². The number of alkyl halides is 3. The number of aromatic nitrogens is 2. The Morgan fingerprint density at radius 3 is 2.69 bits per heavy atom. The second-order valence-electron chi connectivity index (χ2n) is 8.02. The number of ether oxygens (including phenoxy) is 2. The van der Waals surface area contributed by atoms with E-state index in [0.717, 1.165) is 10.1 Å². The predicted molar refractivity (Wildman–Crippen MR) is 130 cm³/mol. The Morgan fingerprint density at radius 2 is 1.97 bits per heavy atom. The quantitative estimate of drug-likeness (QED) is 0.649. The molecule has 0 bridgehead atoms.